The van der Waals surface area contributed by atoms with E-state index in [0.29, 0.717) is 58.7 Å². The zero-order valence-electron chi connectivity index (χ0n) is 30.5. The van der Waals surface area contributed by atoms with E-state index >= 15 is 0 Å². The van der Waals surface area contributed by atoms with E-state index < -0.39 is 0 Å². The van der Waals surface area contributed by atoms with Gasteiger partial charge in [-0.25, -0.2) is 0 Å². The van der Waals surface area contributed by atoms with Gasteiger partial charge < -0.3 is 43.4 Å². The van der Waals surface area contributed by atoms with Gasteiger partial charge in [0.05, 0.1) is 42.7 Å². The van der Waals surface area contributed by atoms with Gasteiger partial charge >= 0.3 is 0 Å². The third-order valence-corrected chi connectivity index (χ3v) is 10.8. The summed E-state index contributed by atoms with van der Waals surface area (Å²) in [6.45, 7) is 1.69. The zero-order chi connectivity index (χ0) is 36.1. The Kier molecular flexibility index (Phi) is 9.19. The van der Waals surface area contributed by atoms with Gasteiger partial charge in [-0.05, 0) is 86.3 Å². The van der Waals surface area contributed by atoms with Crippen molar-refractivity contribution in [2.45, 2.75) is 37.8 Å². The minimum absolute atomic E-state index is 0.00107. The summed E-state index contributed by atoms with van der Waals surface area (Å²) in [4.78, 5) is 4.63. The molecule has 51 heavy (non-hydrogen) atoms. The van der Waals surface area contributed by atoms with Crippen LogP contribution in [0.2, 0.25) is 0 Å². The van der Waals surface area contributed by atoms with Crippen LogP contribution in [0.5, 0.6) is 57.5 Å². The number of hydrogen-bond donors (Lipinski definition) is 2. The van der Waals surface area contributed by atoms with E-state index in [0.717, 1.165) is 59.3 Å². The SMILES string of the molecule is COc1cc2c(cc1O)C(Cc1ccc(OC)c(Oc3cc(OC)c(O)c4c3CC3c5c(c(OC)c(OC)c(OC)c5-4)CCN3C)c1)N(C)CC2. The smallest absolute Gasteiger partial charge is 0.204 e. The average Bonchev–Trinajstić information content (AvgIpc) is 3.14. The normalized spacial score (nSPS) is 17.9. The molecule has 11 heteroatoms. The van der Waals surface area contributed by atoms with E-state index in [4.69, 9.17) is 33.2 Å². The molecule has 2 aliphatic heterocycles. The predicted octanol–water partition coefficient (Wildman–Crippen LogP) is 6.47. The first-order valence-corrected chi connectivity index (χ1v) is 17.1. The fourth-order valence-electron chi connectivity index (χ4n) is 8.25. The van der Waals surface area contributed by atoms with E-state index in [9.17, 15) is 10.2 Å². The number of nitrogens with zero attached hydrogens (tertiary/aromatic N) is 2. The summed E-state index contributed by atoms with van der Waals surface area (Å²) in [6, 6.07) is 11.5. The molecule has 0 amide bonds. The fraction of sp³-hybridized carbons (Fsp3) is 0.400. The molecule has 11 nitrogen and oxygen atoms in total. The van der Waals surface area contributed by atoms with Crippen LogP contribution in [0.15, 0.2) is 36.4 Å². The standard InChI is InChI=1S/C40H46N2O9/c1-41-13-11-22-17-31(46-4)28(43)19-24(22)26(41)15-21-9-10-29(45-3)32(16-21)51-30-20-33(47-5)37(44)35-25(30)18-27-34-23(12-14-42(27)2)38(48-6)40(50-8)39(49-7)36(34)35/h9-10,16-17,19-20,26-27,43-44H,11-15,18H2,1-8H3. The maximum absolute atomic E-state index is 11.8. The Hall–Kier alpha value is -5.00. The van der Waals surface area contributed by atoms with Crippen molar-refractivity contribution < 1.29 is 43.4 Å². The number of fused-ring (bicyclic) bond motifs is 3. The molecule has 2 unspecified atom stereocenters. The molecule has 1 aliphatic carbocycles. The number of rotatable bonds is 10. The summed E-state index contributed by atoms with van der Waals surface area (Å²) in [5, 5.41) is 22.5. The summed E-state index contributed by atoms with van der Waals surface area (Å²) in [5.74, 6) is 4.12. The molecule has 0 bridgehead atoms. The lowest BCUT2D eigenvalue weighted by Crippen LogP contribution is -2.36. The molecule has 2 heterocycles. The van der Waals surface area contributed by atoms with Gasteiger partial charge in [-0.15, -0.1) is 0 Å². The van der Waals surface area contributed by atoms with Gasteiger partial charge in [0.1, 0.15) is 5.75 Å². The monoisotopic (exact) mass is 698 g/mol. The highest BCUT2D eigenvalue weighted by atomic mass is 16.5. The second-order valence-corrected chi connectivity index (χ2v) is 13.4. The Balaban J connectivity index is 1.35. The number of benzene rings is 4. The molecule has 2 N–H and O–H groups in total. The molecule has 270 valence electrons. The highest BCUT2D eigenvalue weighted by Crippen LogP contribution is 2.61. The van der Waals surface area contributed by atoms with Crippen LogP contribution in [0.1, 0.15) is 45.5 Å². The highest BCUT2D eigenvalue weighted by Gasteiger charge is 2.42. The maximum atomic E-state index is 11.8. The first-order chi connectivity index (χ1) is 24.7. The molecule has 0 fully saturated rings. The van der Waals surface area contributed by atoms with E-state index in [1.807, 2.05) is 30.3 Å². The fourth-order valence-corrected chi connectivity index (χ4v) is 8.25. The van der Waals surface area contributed by atoms with Crippen molar-refractivity contribution in [3.63, 3.8) is 0 Å². The van der Waals surface area contributed by atoms with Gasteiger partial charge in [0.25, 0.3) is 0 Å². The molecule has 2 atom stereocenters. The topological polar surface area (TPSA) is 112 Å². The summed E-state index contributed by atoms with van der Waals surface area (Å²) in [6.07, 6.45) is 2.86. The van der Waals surface area contributed by atoms with Crippen molar-refractivity contribution in [1.29, 1.82) is 0 Å². The quantitative estimate of drug-likeness (QED) is 0.190. The number of methoxy groups -OCH3 is 6. The van der Waals surface area contributed by atoms with E-state index in [1.165, 1.54) is 12.7 Å². The maximum Gasteiger partial charge on any atom is 0.204 e. The summed E-state index contributed by atoms with van der Waals surface area (Å²) < 4.78 is 41.6. The van der Waals surface area contributed by atoms with Crippen LogP contribution in [-0.2, 0) is 25.7 Å². The molecular weight excluding hydrogens is 652 g/mol. The predicted molar refractivity (Wildman–Crippen MR) is 193 cm³/mol. The number of likely N-dealkylation sites (N-methyl/N-ethyl adjacent to an activating group) is 2. The molecule has 0 saturated heterocycles. The van der Waals surface area contributed by atoms with Crippen LogP contribution in [0.25, 0.3) is 11.1 Å². The van der Waals surface area contributed by atoms with Gasteiger partial charge in [0.15, 0.2) is 46.0 Å². The van der Waals surface area contributed by atoms with Crippen molar-refractivity contribution in [1.82, 2.24) is 9.80 Å². The van der Waals surface area contributed by atoms with Gasteiger partial charge in [-0.1, -0.05) is 6.07 Å². The number of aromatic hydroxyl groups is 2. The number of hydrogen-bond acceptors (Lipinski definition) is 11. The van der Waals surface area contributed by atoms with Crippen LogP contribution in [0.3, 0.4) is 0 Å². The number of phenols is 2. The molecule has 4 aromatic carbocycles. The second kappa shape index (κ2) is 13.6. The van der Waals surface area contributed by atoms with Crippen LogP contribution >= 0.6 is 0 Å². The van der Waals surface area contributed by atoms with Crippen LogP contribution in [0, 0.1) is 0 Å². The molecule has 0 aromatic heterocycles. The van der Waals surface area contributed by atoms with Crippen molar-refractivity contribution in [3.8, 4) is 68.6 Å². The minimum atomic E-state index is -0.0368. The first kappa shape index (κ1) is 34.4. The summed E-state index contributed by atoms with van der Waals surface area (Å²) in [5.41, 5.74) is 7.49. The van der Waals surface area contributed by atoms with E-state index in [2.05, 4.69) is 23.9 Å². The largest absolute Gasteiger partial charge is 0.504 e. The lowest BCUT2D eigenvalue weighted by molar-refractivity contribution is 0.220. The molecule has 0 radical (unpaired) electrons. The Morgan fingerprint density at radius 1 is 0.647 bits per heavy atom. The van der Waals surface area contributed by atoms with Crippen molar-refractivity contribution in [2.75, 3.05) is 69.8 Å². The third kappa shape index (κ3) is 5.59. The van der Waals surface area contributed by atoms with Crippen LogP contribution in [-0.4, -0.2) is 89.9 Å². The van der Waals surface area contributed by atoms with Gasteiger partial charge in [-0.2, -0.15) is 0 Å². The Labute approximate surface area is 298 Å². The van der Waals surface area contributed by atoms with E-state index in [-0.39, 0.29) is 29.3 Å². The van der Waals surface area contributed by atoms with Gasteiger partial charge in [0, 0.05) is 53.5 Å². The molecule has 7 rings (SSSR count). The lowest BCUT2D eigenvalue weighted by Gasteiger charge is -2.41. The Morgan fingerprint density at radius 3 is 2.04 bits per heavy atom. The van der Waals surface area contributed by atoms with Gasteiger partial charge in [0.2, 0.25) is 5.75 Å². The number of phenolic OH excluding ortho intramolecular Hbond substituents is 2. The molecule has 3 aliphatic rings. The summed E-state index contributed by atoms with van der Waals surface area (Å²) in [7, 11) is 13.8. The second-order valence-electron chi connectivity index (χ2n) is 13.4. The minimum Gasteiger partial charge on any atom is -0.504 e. The molecule has 0 spiro atoms. The highest BCUT2D eigenvalue weighted by molar-refractivity contribution is 5.91. The molecule has 0 saturated carbocycles. The average molecular weight is 699 g/mol. The lowest BCUT2D eigenvalue weighted by atomic mass is 9.75. The van der Waals surface area contributed by atoms with E-state index in [1.54, 1.807) is 41.6 Å². The Bertz CT molecular complexity index is 1990. The zero-order valence-corrected chi connectivity index (χ0v) is 30.5. The Morgan fingerprint density at radius 2 is 1.35 bits per heavy atom. The van der Waals surface area contributed by atoms with Crippen LogP contribution < -0.4 is 33.2 Å². The summed E-state index contributed by atoms with van der Waals surface area (Å²) >= 11 is 0. The van der Waals surface area contributed by atoms with Gasteiger partial charge in [-0.3, -0.25) is 9.80 Å². The van der Waals surface area contributed by atoms with Crippen molar-refractivity contribution >= 4 is 0 Å². The first-order valence-electron chi connectivity index (χ1n) is 17.1. The molecular formula is C40H46N2O9. The molecule has 4 aromatic rings. The van der Waals surface area contributed by atoms with Crippen molar-refractivity contribution in [2.24, 2.45) is 0 Å². The van der Waals surface area contributed by atoms with Crippen LogP contribution in [0.4, 0.5) is 0 Å². The van der Waals surface area contributed by atoms with Crippen molar-refractivity contribution in [3.05, 3.63) is 69.8 Å². The third-order valence-electron chi connectivity index (χ3n) is 10.8. The number of ether oxygens (including phenoxy) is 7.